The molecule has 1 aromatic rings. The fraction of sp³-hybridized carbons (Fsp3) is 0.500. The van der Waals surface area contributed by atoms with Crippen molar-refractivity contribution < 1.29 is 4.79 Å². The number of amides is 1. The maximum absolute atomic E-state index is 11.2. The summed E-state index contributed by atoms with van der Waals surface area (Å²) < 4.78 is 0. The lowest BCUT2D eigenvalue weighted by Crippen LogP contribution is -2.39. The summed E-state index contributed by atoms with van der Waals surface area (Å²) in [4.78, 5) is 13.5. The van der Waals surface area contributed by atoms with Crippen LogP contribution in [-0.4, -0.2) is 26.0 Å². The maximum Gasteiger partial charge on any atom is 0.220 e. The second-order valence-corrected chi connectivity index (χ2v) is 5.34. The minimum absolute atomic E-state index is 0.0168. The smallest absolute Gasteiger partial charge is 0.220 e. The molecule has 1 aromatic carbocycles. The summed E-state index contributed by atoms with van der Waals surface area (Å²) >= 11 is 6.27. The molecule has 4 nitrogen and oxygen atoms in total. The van der Waals surface area contributed by atoms with E-state index in [0.717, 1.165) is 48.7 Å². The van der Waals surface area contributed by atoms with Crippen molar-refractivity contribution in [1.82, 2.24) is 5.32 Å². The number of primary amides is 1. The average molecular weight is 282 g/mol. The molecule has 1 amide bonds. The molecule has 0 spiro atoms. The summed E-state index contributed by atoms with van der Waals surface area (Å²) in [6.45, 7) is 2.44. The number of halogens is 1. The maximum atomic E-state index is 11.2. The van der Waals surface area contributed by atoms with Crippen LogP contribution in [0.4, 0.5) is 5.69 Å². The number of nitrogens with one attached hydrogen (secondary N) is 1. The topological polar surface area (TPSA) is 58.4 Å². The fourth-order valence-corrected chi connectivity index (χ4v) is 2.84. The Kier molecular flexibility index (Phi) is 4.66. The van der Waals surface area contributed by atoms with Crippen molar-refractivity contribution in [3.63, 3.8) is 0 Å². The molecule has 1 fully saturated rings. The monoisotopic (exact) mass is 281 g/mol. The van der Waals surface area contributed by atoms with E-state index < -0.39 is 0 Å². The molecule has 1 saturated heterocycles. The molecule has 104 valence electrons. The number of anilines is 1. The number of carbonyl (C=O) groups excluding carboxylic acids is 1. The van der Waals surface area contributed by atoms with E-state index in [4.69, 9.17) is 17.3 Å². The minimum Gasteiger partial charge on any atom is -0.371 e. The molecule has 1 aliphatic rings. The van der Waals surface area contributed by atoms with E-state index in [-0.39, 0.29) is 11.8 Å². The van der Waals surface area contributed by atoms with Crippen LogP contribution in [0.15, 0.2) is 18.2 Å². The van der Waals surface area contributed by atoms with E-state index >= 15 is 0 Å². The van der Waals surface area contributed by atoms with Gasteiger partial charge in [0.25, 0.3) is 0 Å². The third kappa shape index (κ3) is 3.19. The summed E-state index contributed by atoms with van der Waals surface area (Å²) in [7, 11) is 1.91. The van der Waals surface area contributed by atoms with Crippen LogP contribution in [0.25, 0.3) is 0 Å². The van der Waals surface area contributed by atoms with Crippen LogP contribution in [0.1, 0.15) is 18.4 Å². The highest BCUT2D eigenvalue weighted by atomic mass is 35.5. The molecule has 1 heterocycles. The number of nitrogens with two attached hydrogens (primary N) is 1. The Morgan fingerprint density at radius 3 is 2.74 bits per heavy atom. The molecular formula is C14H20ClN3O. The zero-order chi connectivity index (χ0) is 13.8. The Morgan fingerprint density at radius 1 is 1.47 bits per heavy atom. The van der Waals surface area contributed by atoms with Crippen molar-refractivity contribution in [3.05, 3.63) is 28.8 Å². The molecule has 5 heteroatoms. The minimum atomic E-state index is -0.179. The number of hydrogen-bond donors (Lipinski definition) is 2. The first kappa shape index (κ1) is 14.2. The lowest BCUT2D eigenvalue weighted by atomic mass is 9.95. The highest BCUT2D eigenvalue weighted by Gasteiger charge is 2.24. The van der Waals surface area contributed by atoms with E-state index in [9.17, 15) is 4.79 Å². The van der Waals surface area contributed by atoms with Crippen LogP contribution in [0.2, 0.25) is 5.02 Å². The third-order valence-electron chi connectivity index (χ3n) is 3.69. The number of benzene rings is 1. The van der Waals surface area contributed by atoms with E-state index in [1.165, 1.54) is 0 Å². The SMILES string of the molecule is CNCc1c(Cl)cccc1N1CCC(C(N)=O)CC1. The fourth-order valence-electron chi connectivity index (χ4n) is 2.60. The normalized spacial score (nSPS) is 16.6. The Morgan fingerprint density at radius 2 is 2.16 bits per heavy atom. The van der Waals surface area contributed by atoms with Gasteiger partial charge in [-0.2, -0.15) is 0 Å². The van der Waals surface area contributed by atoms with Gasteiger partial charge in [0.1, 0.15) is 0 Å². The van der Waals surface area contributed by atoms with Crippen molar-refractivity contribution >= 4 is 23.2 Å². The van der Waals surface area contributed by atoms with E-state index in [1.807, 2.05) is 19.2 Å². The largest absolute Gasteiger partial charge is 0.371 e. The van der Waals surface area contributed by atoms with Crippen LogP contribution >= 0.6 is 11.6 Å². The van der Waals surface area contributed by atoms with Crippen molar-refractivity contribution in [2.24, 2.45) is 11.7 Å². The van der Waals surface area contributed by atoms with Gasteiger partial charge in [-0.05, 0) is 32.0 Å². The second-order valence-electron chi connectivity index (χ2n) is 4.93. The Hall–Kier alpha value is -1.26. The van der Waals surface area contributed by atoms with Gasteiger partial charge in [0.15, 0.2) is 0 Å². The Labute approximate surface area is 118 Å². The zero-order valence-electron chi connectivity index (χ0n) is 11.2. The Balaban J connectivity index is 2.15. The van der Waals surface area contributed by atoms with Crippen LogP contribution < -0.4 is 16.0 Å². The van der Waals surface area contributed by atoms with E-state index in [0.29, 0.717) is 0 Å². The number of nitrogens with zero attached hydrogens (tertiary/aromatic N) is 1. The van der Waals surface area contributed by atoms with Gasteiger partial charge < -0.3 is 16.0 Å². The number of carbonyl (C=O) groups is 1. The number of rotatable bonds is 4. The van der Waals surface area contributed by atoms with Gasteiger partial charge in [0, 0.05) is 41.8 Å². The highest BCUT2D eigenvalue weighted by molar-refractivity contribution is 6.31. The predicted octanol–water partition coefficient (Wildman–Crippen LogP) is 1.76. The molecule has 0 bridgehead atoms. The third-order valence-corrected chi connectivity index (χ3v) is 4.04. The molecule has 0 aromatic heterocycles. The van der Waals surface area contributed by atoms with Gasteiger partial charge in [-0.15, -0.1) is 0 Å². The lowest BCUT2D eigenvalue weighted by Gasteiger charge is -2.34. The standard InChI is InChI=1S/C14H20ClN3O/c1-17-9-11-12(15)3-2-4-13(11)18-7-5-10(6-8-18)14(16)19/h2-4,10,17H,5-9H2,1H3,(H2,16,19). The number of piperidine rings is 1. The van der Waals surface area contributed by atoms with Gasteiger partial charge in [-0.25, -0.2) is 0 Å². The average Bonchev–Trinajstić information content (AvgIpc) is 2.41. The van der Waals surface area contributed by atoms with E-state index in [2.05, 4.69) is 16.3 Å². The molecule has 0 atom stereocenters. The molecule has 1 aliphatic heterocycles. The van der Waals surface area contributed by atoms with Crippen molar-refractivity contribution in [2.45, 2.75) is 19.4 Å². The van der Waals surface area contributed by atoms with Crippen LogP contribution in [0.5, 0.6) is 0 Å². The molecule has 3 N–H and O–H groups in total. The Bertz CT molecular complexity index is 456. The van der Waals surface area contributed by atoms with Gasteiger partial charge >= 0.3 is 0 Å². The highest BCUT2D eigenvalue weighted by Crippen LogP contribution is 2.30. The van der Waals surface area contributed by atoms with Crippen LogP contribution in [0.3, 0.4) is 0 Å². The quantitative estimate of drug-likeness (QED) is 0.884. The van der Waals surface area contributed by atoms with Crippen LogP contribution in [-0.2, 0) is 11.3 Å². The first-order valence-electron chi connectivity index (χ1n) is 6.59. The molecular weight excluding hydrogens is 262 g/mol. The van der Waals surface area contributed by atoms with Gasteiger partial charge in [-0.3, -0.25) is 4.79 Å². The first-order chi connectivity index (χ1) is 9.13. The predicted molar refractivity (Wildman–Crippen MR) is 78.3 cm³/mol. The van der Waals surface area contributed by atoms with Gasteiger partial charge in [0.05, 0.1) is 0 Å². The summed E-state index contributed by atoms with van der Waals surface area (Å²) in [6, 6.07) is 5.97. The summed E-state index contributed by atoms with van der Waals surface area (Å²) in [5.74, 6) is -0.163. The molecule has 0 radical (unpaired) electrons. The summed E-state index contributed by atoms with van der Waals surface area (Å²) in [5, 5.41) is 3.93. The van der Waals surface area contributed by atoms with Gasteiger partial charge in [0.2, 0.25) is 5.91 Å². The zero-order valence-corrected chi connectivity index (χ0v) is 11.9. The lowest BCUT2D eigenvalue weighted by molar-refractivity contribution is -0.122. The molecule has 0 aliphatic carbocycles. The first-order valence-corrected chi connectivity index (χ1v) is 6.97. The molecule has 0 unspecified atom stereocenters. The number of hydrogen-bond acceptors (Lipinski definition) is 3. The second kappa shape index (κ2) is 6.26. The van der Waals surface area contributed by atoms with Crippen molar-refractivity contribution in [2.75, 3.05) is 25.0 Å². The van der Waals surface area contributed by atoms with Crippen molar-refractivity contribution in [3.8, 4) is 0 Å². The van der Waals surface area contributed by atoms with E-state index in [1.54, 1.807) is 0 Å². The van der Waals surface area contributed by atoms with Gasteiger partial charge in [-0.1, -0.05) is 17.7 Å². The molecule has 0 saturated carbocycles. The summed E-state index contributed by atoms with van der Waals surface area (Å²) in [6.07, 6.45) is 1.64. The van der Waals surface area contributed by atoms with Crippen LogP contribution in [0, 0.1) is 5.92 Å². The molecule has 2 rings (SSSR count). The molecule has 19 heavy (non-hydrogen) atoms. The van der Waals surface area contributed by atoms with Crippen molar-refractivity contribution in [1.29, 1.82) is 0 Å². The summed E-state index contributed by atoms with van der Waals surface area (Å²) in [5.41, 5.74) is 7.64.